The summed E-state index contributed by atoms with van der Waals surface area (Å²) in [5, 5.41) is 12.3. The van der Waals surface area contributed by atoms with E-state index in [4.69, 9.17) is 0 Å². The van der Waals surface area contributed by atoms with Gasteiger partial charge in [-0.1, -0.05) is 25.7 Å². The number of rotatable bonds is 11. The van der Waals surface area contributed by atoms with Crippen molar-refractivity contribution in [3.63, 3.8) is 0 Å². The highest BCUT2D eigenvalue weighted by Crippen LogP contribution is 2.28. The van der Waals surface area contributed by atoms with Gasteiger partial charge < -0.3 is 10.4 Å². The SMILES string of the molecule is O=C(O)c1ccc(NCCCCCCCC(F)(F)F)c(S(=O)(=O)N2CCCCC2)c1. The number of alkyl halides is 3. The van der Waals surface area contributed by atoms with Gasteiger partial charge in [0.05, 0.1) is 11.3 Å². The van der Waals surface area contributed by atoms with E-state index in [0.29, 0.717) is 44.6 Å². The maximum Gasteiger partial charge on any atom is 0.389 e. The Hall–Kier alpha value is -1.81. The van der Waals surface area contributed by atoms with E-state index in [1.807, 2.05) is 0 Å². The minimum atomic E-state index is -4.11. The van der Waals surface area contributed by atoms with Gasteiger partial charge in [0, 0.05) is 26.1 Å². The molecule has 1 aliphatic heterocycles. The van der Waals surface area contributed by atoms with Crippen LogP contribution in [0.5, 0.6) is 0 Å². The van der Waals surface area contributed by atoms with Crippen LogP contribution in [0.3, 0.4) is 0 Å². The molecule has 1 aromatic carbocycles. The average molecular weight is 451 g/mol. The third-order valence-corrected chi connectivity index (χ3v) is 7.05. The molecule has 0 aliphatic carbocycles. The van der Waals surface area contributed by atoms with Gasteiger partial charge in [-0.05, 0) is 43.9 Å². The Morgan fingerprint density at radius 3 is 2.30 bits per heavy atom. The molecule has 170 valence electrons. The third kappa shape index (κ3) is 7.46. The van der Waals surface area contributed by atoms with E-state index in [9.17, 15) is 31.5 Å². The zero-order valence-electron chi connectivity index (χ0n) is 16.9. The number of anilines is 1. The molecule has 0 unspecified atom stereocenters. The first-order chi connectivity index (χ1) is 14.1. The molecular formula is C20H29F3N2O4S. The highest BCUT2D eigenvalue weighted by Gasteiger charge is 2.29. The van der Waals surface area contributed by atoms with Crippen LogP contribution in [0.2, 0.25) is 0 Å². The second-order valence-electron chi connectivity index (χ2n) is 7.54. The number of carboxylic acid groups (broad SMARTS) is 1. The molecular weight excluding hydrogens is 421 g/mol. The van der Waals surface area contributed by atoms with Crippen molar-refractivity contribution < 1.29 is 31.5 Å². The minimum Gasteiger partial charge on any atom is -0.478 e. The van der Waals surface area contributed by atoms with Crippen LogP contribution >= 0.6 is 0 Å². The van der Waals surface area contributed by atoms with Crippen molar-refractivity contribution >= 4 is 21.7 Å². The predicted octanol–water partition coefficient (Wildman–Crippen LogP) is 4.87. The van der Waals surface area contributed by atoms with Crippen molar-refractivity contribution in [3.05, 3.63) is 23.8 Å². The van der Waals surface area contributed by atoms with Gasteiger partial charge in [-0.2, -0.15) is 17.5 Å². The summed E-state index contributed by atoms with van der Waals surface area (Å²) in [6, 6.07) is 4.01. The number of carboxylic acids is 1. The molecule has 0 saturated carbocycles. The van der Waals surface area contributed by atoms with Crippen LogP contribution in [-0.2, 0) is 10.0 Å². The van der Waals surface area contributed by atoms with Gasteiger partial charge in [-0.3, -0.25) is 0 Å². The summed E-state index contributed by atoms with van der Waals surface area (Å²) in [7, 11) is -3.82. The minimum absolute atomic E-state index is 0.0468. The Morgan fingerprint density at radius 2 is 1.67 bits per heavy atom. The lowest BCUT2D eigenvalue weighted by Gasteiger charge is -2.27. The Labute approximate surface area is 175 Å². The lowest BCUT2D eigenvalue weighted by molar-refractivity contribution is -0.135. The Balaban J connectivity index is 1.96. The summed E-state index contributed by atoms with van der Waals surface area (Å²) in [5.41, 5.74) is 0.253. The second kappa shape index (κ2) is 11.0. The molecule has 1 aliphatic rings. The first kappa shape index (κ1) is 24.5. The van der Waals surface area contributed by atoms with Crippen LogP contribution in [0.15, 0.2) is 23.1 Å². The number of piperidine rings is 1. The lowest BCUT2D eigenvalue weighted by atomic mass is 10.1. The number of carbonyl (C=O) groups is 1. The predicted molar refractivity (Wildman–Crippen MR) is 108 cm³/mol. The van der Waals surface area contributed by atoms with Gasteiger partial charge in [-0.25, -0.2) is 13.2 Å². The highest BCUT2D eigenvalue weighted by atomic mass is 32.2. The van der Waals surface area contributed by atoms with Crippen molar-refractivity contribution in [2.45, 2.75) is 68.9 Å². The Bertz CT molecular complexity index is 807. The summed E-state index contributed by atoms with van der Waals surface area (Å²) in [5.74, 6) is -1.20. The zero-order chi connectivity index (χ0) is 22.2. The van der Waals surface area contributed by atoms with Crippen LogP contribution in [0.25, 0.3) is 0 Å². The van der Waals surface area contributed by atoms with E-state index in [1.54, 1.807) is 0 Å². The fourth-order valence-corrected chi connectivity index (χ4v) is 5.17. The first-order valence-electron chi connectivity index (χ1n) is 10.3. The van der Waals surface area contributed by atoms with Crippen molar-refractivity contribution in [1.29, 1.82) is 0 Å². The Morgan fingerprint density at radius 1 is 1.03 bits per heavy atom. The number of nitrogens with one attached hydrogen (secondary N) is 1. The van der Waals surface area contributed by atoms with Crippen molar-refractivity contribution in [3.8, 4) is 0 Å². The maximum absolute atomic E-state index is 13.1. The van der Waals surface area contributed by atoms with E-state index in [1.165, 1.54) is 22.5 Å². The summed E-state index contributed by atoms with van der Waals surface area (Å²) >= 11 is 0. The number of hydrogen-bond acceptors (Lipinski definition) is 4. The maximum atomic E-state index is 13.1. The van der Waals surface area contributed by atoms with Gasteiger partial charge in [-0.15, -0.1) is 0 Å². The van der Waals surface area contributed by atoms with Crippen molar-refractivity contribution in [2.75, 3.05) is 25.0 Å². The van der Waals surface area contributed by atoms with E-state index in [0.717, 1.165) is 25.7 Å². The van der Waals surface area contributed by atoms with Crippen LogP contribution in [0.4, 0.5) is 18.9 Å². The number of sulfonamides is 1. The highest BCUT2D eigenvalue weighted by molar-refractivity contribution is 7.89. The summed E-state index contributed by atoms with van der Waals surface area (Å²) in [4.78, 5) is 11.3. The fourth-order valence-electron chi connectivity index (χ4n) is 3.46. The first-order valence-corrected chi connectivity index (χ1v) is 11.7. The van der Waals surface area contributed by atoms with Crippen LogP contribution < -0.4 is 5.32 Å². The smallest absolute Gasteiger partial charge is 0.389 e. The van der Waals surface area contributed by atoms with E-state index in [-0.39, 0.29) is 16.9 Å². The molecule has 1 saturated heterocycles. The van der Waals surface area contributed by atoms with Gasteiger partial charge in [0.25, 0.3) is 0 Å². The molecule has 10 heteroatoms. The Kier molecular flexibility index (Phi) is 8.96. The normalized spacial score (nSPS) is 15.8. The molecule has 2 N–H and O–H groups in total. The number of aromatic carboxylic acids is 1. The average Bonchev–Trinajstić information content (AvgIpc) is 2.69. The van der Waals surface area contributed by atoms with Gasteiger partial charge in [0.15, 0.2) is 0 Å². The summed E-state index contributed by atoms with van der Waals surface area (Å²) in [6.45, 7) is 1.28. The molecule has 6 nitrogen and oxygen atoms in total. The fraction of sp³-hybridized carbons (Fsp3) is 0.650. The van der Waals surface area contributed by atoms with Gasteiger partial charge in [0.2, 0.25) is 10.0 Å². The largest absolute Gasteiger partial charge is 0.478 e. The standard InChI is InChI=1S/C20H29F3N2O4S/c21-20(22,23)11-5-2-1-3-6-12-24-17-10-9-16(19(26)27)15-18(17)30(28,29)25-13-7-4-8-14-25/h9-10,15,24H,1-8,11-14H2,(H,26,27). The second-order valence-corrected chi connectivity index (χ2v) is 9.45. The molecule has 0 bridgehead atoms. The van der Waals surface area contributed by atoms with E-state index in [2.05, 4.69) is 5.32 Å². The molecule has 30 heavy (non-hydrogen) atoms. The number of hydrogen-bond donors (Lipinski definition) is 2. The quantitative estimate of drug-likeness (QED) is 0.470. The molecule has 1 heterocycles. The molecule has 0 aromatic heterocycles. The molecule has 0 spiro atoms. The number of unbranched alkanes of at least 4 members (excludes halogenated alkanes) is 4. The van der Waals surface area contributed by atoms with Gasteiger partial charge in [0.1, 0.15) is 4.90 Å². The van der Waals surface area contributed by atoms with Crippen LogP contribution in [0, 0.1) is 0 Å². The molecule has 2 rings (SSSR count). The van der Waals surface area contributed by atoms with Crippen molar-refractivity contribution in [2.24, 2.45) is 0 Å². The third-order valence-electron chi connectivity index (χ3n) is 5.11. The van der Waals surface area contributed by atoms with E-state index >= 15 is 0 Å². The number of nitrogens with zero attached hydrogens (tertiary/aromatic N) is 1. The number of benzene rings is 1. The van der Waals surface area contributed by atoms with Gasteiger partial charge >= 0.3 is 12.1 Å². The lowest BCUT2D eigenvalue weighted by Crippen LogP contribution is -2.36. The van der Waals surface area contributed by atoms with Crippen LogP contribution in [-0.4, -0.2) is 49.6 Å². The summed E-state index contributed by atoms with van der Waals surface area (Å²) < 4.78 is 63.9. The number of halogens is 3. The summed E-state index contributed by atoms with van der Waals surface area (Å²) in [6.07, 6.45) is 0.335. The van der Waals surface area contributed by atoms with Crippen LogP contribution in [0.1, 0.15) is 68.1 Å². The van der Waals surface area contributed by atoms with Crippen molar-refractivity contribution in [1.82, 2.24) is 4.31 Å². The monoisotopic (exact) mass is 450 g/mol. The molecule has 1 fully saturated rings. The molecule has 0 radical (unpaired) electrons. The molecule has 1 aromatic rings. The zero-order valence-corrected chi connectivity index (χ0v) is 17.7. The topological polar surface area (TPSA) is 86.7 Å². The molecule has 0 atom stereocenters. The van der Waals surface area contributed by atoms with E-state index < -0.39 is 28.6 Å². The molecule has 0 amide bonds.